The Labute approximate surface area is 90.9 Å². The molecule has 0 N–H and O–H groups in total. The van der Waals surface area contributed by atoms with Crippen molar-refractivity contribution in [2.24, 2.45) is 0 Å². The Kier molecular flexibility index (Phi) is 31.0. The Bertz CT molecular complexity index is 112. The third-order valence-corrected chi connectivity index (χ3v) is 0. The Balaban J connectivity index is -0.0000000450. The molecule has 0 bridgehead atoms. The van der Waals surface area contributed by atoms with Gasteiger partial charge in [0.2, 0.25) is 0 Å². The van der Waals surface area contributed by atoms with E-state index in [1.807, 2.05) is 0 Å². The molecule has 0 saturated carbocycles. The van der Waals surface area contributed by atoms with Crippen LogP contribution in [0.5, 0.6) is 0 Å². The minimum absolute atomic E-state index is 0. The van der Waals surface area contributed by atoms with Crippen LogP contribution >= 0.6 is 0 Å². The largest absolute Gasteiger partial charge is 0.672 e. The van der Waals surface area contributed by atoms with Crippen molar-refractivity contribution in [3.63, 3.8) is 0 Å². The predicted molar refractivity (Wildman–Crippen MR) is 19.3 cm³/mol. The molecule has 13 heavy (non-hydrogen) atoms. The van der Waals surface area contributed by atoms with Crippen LogP contribution in [0.3, 0.4) is 0 Å². The molecule has 0 saturated heterocycles. The van der Waals surface area contributed by atoms with Gasteiger partial charge in [-0.1, -0.05) is 0 Å². The van der Waals surface area contributed by atoms with E-state index in [0.717, 1.165) is 0 Å². The first-order chi connectivity index (χ1) is 5.20. The van der Waals surface area contributed by atoms with Gasteiger partial charge in [-0.15, -0.1) is 0 Å². The third kappa shape index (κ3) is 4940. The molecule has 0 atom stereocenters. The van der Waals surface area contributed by atoms with Gasteiger partial charge in [-0.3, -0.25) is 0 Å². The molecular formula is MoO9Si3-6. The Morgan fingerprint density at radius 3 is 0.538 bits per heavy atom. The second-order valence-corrected chi connectivity index (χ2v) is 2.25. The molecule has 0 heterocycles. The van der Waals surface area contributed by atoms with Crippen LogP contribution in [0.2, 0.25) is 0 Å². The van der Waals surface area contributed by atoms with Gasteiger partial charge in [0.25, 0.3) is 0 Å². The molecule has 0 fully saturated rings. The molecule has 0 aromatic carbocycles. The smallest absolute Gasteiger partial charge is 0.0172 e. The third-order valence-electron chi connectivity index (χ3n) is 0. The molecule has 0 aliphatic rings. The van der Waals surface area contributed by atoms with Gasteiger partial charge in [-0.25, -0.2) is 0 Å². The molecule has 0 spiro atoms. The summed E-state index contributed by atoms with van der Waals surface area (Å²) in [5.74, 6) is 0. The van der Waals surface area contributed by atoms with Crippen LogP contribution in [-0.2, 0) is 34.5 Å². The SMILES string of the molecule is O=[Si]([O-])[O-].O=[Si]([O-])[O-].O=[Si]([O-])[O-].[Mo]. The monoisotopic (exact) mass is 326 g/mol. The molecule has 0 aromatic heterocycles. The van der Waals surface area contributed by atoms with E-state index in [-0.39, 0.29) is 21.1 Å². The Morgan fingerprint density at radius 1 is 0.538 bits per heavy atom. The van der Waals surface area contributed by atoms with Gasteiger partial charge >= 0.3 is 0 Å². The average Bonchev–Trinajstić information content (AvgIpc) is 1.54. The molecule has 0 unspecified atom stereocenters. The van der Waals surface area contributed by atoms with Gasteiger partial charge in [0.1, 0.15) is 0 Å². The molecule has 0 amide bonds. The number of hydrogen-bond donors (Lipinski definition) is 0. The normalized spacial score (nSPS) is 5.54. The first-order valence-corrected chi connectivity index (χ1v) is 5.51. The van der Waals surface area contributed by atoms with Crippen LogP contribution in [0.25, 0.3) is 0 Å². The molecule has 0 aliphatic carbocycles. The average molecular weight is 324 g/mol. The van der Waals surface area contributed by atoms with Crippen molar-refractivity contribution in [2.45, 2.75) is 0 Å². The van der Waals surface area contributed by atoms with Crippen molar-refractivity contribution in [1.29, 1.82) is 0 Å². The molecule has 78 valence electrons. The Morgan fingerprint density at radius 2 is 0.538 bits per heavy atom. The van der Waals surface area contributed by atoms with E-state index in [1.54, 1.807) is 0 Å². The maximum atomic E-state index is 8.52. The van der Waals surface area contributed by atoms with Crippen LogP contribution in [0.1, 0.15) is 0 Å². The van der Waals surface area contributed by atoms with E-state index in [2.05, 4.69) is 0 Å². The summed E-state index contributed by atoms with van der Waals surface area (Å²) >= 11 is 0. The van der Waals surface area contributed by atoms with Gasteiger partial charge in [0.15, 0.2) is 0 Å². The van der Waals surface area contributed by atoms with E-state index >= 15 is 0 Å². The van der Waals surface area contributed by atoms with Gasteiger partial charge in [-0.05, 0) is 0 Å². The summed E-state index contributed by atoms with van der Waals surface area (Å²) in [6, 6.07) is 0. The molecular weight excluding hydrogens is 324 g/mol. The minimum atomic E-state index is -3.63. The zero-order valence-corrected chi connectivity index (χ0v) is 10.6. The molecule has 0 aliphatic heterocycles. The van der Waals surface area contributed by atoms with Crippen LogP contribution in [0.15, 0.2) is 0 Å². The minimum Gasteiger partial charge on any atom is -0.672 e. The maximum absolute atomic E-state index is 8.52. The van der Waals surface area contributed by atoms with Crippen molar-refractivity contribution in [1.82, 2.24) is 0 Å². The maximum Gasteiger partial charge on any atom is 0.0172 e. The second kappa shape index (κ2) is 17.6. The summed E-state index contributed by atoms with van der Waals surface area (Å²) < 4.78 is 25.6. The van der Waals surface area contributed by atoms with Gasteiger partial charge in [-0.2, -0.15) is 0 Å². The van der Waals surface area contributed by atoms with Crippen LogP contribution in [0, 0.1) is 0 Å². The number of rotatable bonds is 0. The van der Waals surface area contributed by atoms with E-state index in [0.29, 0.717) is 0 Å². The molecule has 0 radical (unpaired) electrons. The second-order valence-electron chi connectivity index (χ2n) is 0.750. The standard InChI is InChI=1S/Mo.3O3Si/c;3*1-4(2)3/q;3*-2. The van der Waals surface area contributed by atoms with Gasteiger partial charge in [0, 0.05) is 48.6 Å². The van der Waals surface area contributed by atoms with Gasteiger partial charge < -0.3 is 42.2 Å². The van der Waals surface area contributed by atoms with Crippen LogP contribution in [-0.4, -0.2) is 27.5 Å². The fourth-order valence-corrected chi connectivity index (χ4v) is 0. The van der Waals surface area contributed by atoms with E-state index in [1.165, 1.54) is 0 Å². The summed E-state index contributed by atoms with van der Waals surface area (Å²) in [7, 11) is -10.9. The van der Waals surface area contributed by atoms with Crippen LogP contribution < -0.4 is 28.8 Å². The van der Waals surface area contributed by atoms with Crippen molar-refractivity contribution in [2.75, 3.05) is 0 Å². The zero-order valence-electron chi connectivity index (χ0n) is 5.58. The van der Waals surface area contributed by atoms with Crippen molar-refractivity contribution >= 4 is 27.5 Å². The summed E-state index contributed by atoms with van der Waals surface area (Å²) in [6.07, 6.45) is 0. The molecule has 13 heteroatoms. The van der Waals surface area contributed by atoms with Crippen LogP contribution in [0.4, 0.5) is 0 Å². The fraction of sp³-hybridized carbons (Fsp3) is 0. The van der Waals surface area contributed by atoms with E-state index in [9.17, 15) is 0 Å². The quantitative estimate of drug-likeness (QED) is 0.389. The summed E-state index contributed by atoms with van der Waals surface area (Å²) in [5.41, 5.74) is 0. The van der Waals surface area contributed by atoms with Crippen molar-refractivity contribution in [3.05, 3.63) is 0 Å². The first kappa shape index (κ1) is 22.9. The van der Waals surface area contributed by atoms with Crippen molar-refractivity contribution < 1.29 is 63.2 Å². The fourth-order valence-electron chi connectivity index (χ4n) is 0. The van der Waals surface area contributed by atoms with E-state index in [4.69, 9.17) is 42.2 Å². The molecule has 9 nitrogen and oxygen atoms in total. The zero-order chi connectivity index (χ0) is 10.7. The Hall–Kier alpha value is -0.461. The van der Waals surface area contributed by atoms with Gasteiger partial charge in [0.05, 0.1) is 0 Å². The summed E-state index contributed by atoms with van der Waals surface area (Å²) in [6.45, 7) is 0. The summed E-state index contributed by atoms with van der Waals surface area (Å²) in [5, 5.41) is 0. The van der Waals surface area contributed by atoms with Crippen molar-refractivity contribution in [3.8, 4) is 0 Å². The van der Waals surface area contributed by atoms with E-state index < -0.39 is 27.5 Å². The topological polar surface area (TPSA) is 190 Å². The number of hydrogen-bond acceptors (Lipinski definition) is 9. The predicted octanol–water partition coefficient (Wildman–Crippen LogP) is -8.64. The summed E-state index contributed by atoms with van der Waals surface area (Å²) in [4.78, 5) is 51.1. The molecule has 0 aromatic rings. The first-order valence-electron chi connectivity index (χ1n) is 1.84. The molecule has 0 rings (SSSR count).